The lowest BCUT2D eigenvalue weighted by atomic mass is 9.95. The first-order valence-corrected chi connectivity index (χ1v) is 11.0. The fourth-order valence-electron chi connectivity index (χ4n) is 3.37. The van der Waals surface area contributed by atoms with Gasteiger partial charge in [0.2, 0.25) is 5.13 Å². The van der Waals surface area contributed by atoms with Crippen molar-refractivity contribution in [1.29, 1.82) is 0 Å². The lowest BCUT2D eigenvalue weighted by Crippen LogP contribution is -2.29. The largest absolute Gasteiger partial charge is 0.507 e. The van der Waals surface area contributed by atoms with Crippen LogP contribution < -0.4 is 4.90 Å². The highest BCUT2D eigenvalue weighted by molar-refractivity contribution is 9.10. The van der Waals surface area contributed by atoms with Crippen molar-refractivity contribution in [3.63, 3.8) is 0 Å². The number of anilines is 1. The third-order valence-corrected chi connectivity index (χ3v) is 6.46. The van der Waals surface area contributed by atoms with Gasteiger partial charge in [0.25, 0.3) is 5.78 Å². The molecule has 3 aromatic rings. The van der Waals surface area contributed by atoms with Gasteiger partial charge in [0, 0.05) is 10.0 Å². The molecular weight excluding hydrogens is 466 g/mol. The highest BCUT2D eigenvalue weighted by atomic mass is 79.9. The van der Waals surface area contributed by atoms with E-state index in [2.05, 4.69) is 26.1 Å². The van der Waals surface area contributed by atoms with Crippen LogP contribution in [0.15, 0.2) is 58.6 Å². The maximum atomic E-state index is 13.1. The third kappa shape index (κ3) is 3.57. The minimum Gasteiger partial charge on any atom is -0.507 e. The highest BCUT2D eigenvalue weighted by Crippen LogP contribution is 2.43. The van der Waals surface area contributed by atoms with Gasteiger partial charge in [0.05, 0.1) is 11.6 Å². The van der Waals surface area contributed by atoms with Crippen LogP contribution in [0.25, 0.3) is 5.76 Å². The molecule has 1 aliphatic heterocycles. The van der Waals surface area contributed by atoms with E-state index >= 15 is 0 Å². The topological polar surface area (TPSA) is 83.4 Å². The summed E-state index contributed by atoms with van der Waals surface area (Å²) in [5.74, 6) is -1.68. The molecule has 152 valence electrons. The van der Waals surface area contributed by atoms with Gasteiger partial charge in [0.1, 0.15) is 10.8 Å². The molecule has 4 rings (SSSR count). The minimum absolute atomic E-state index is 0.0372. The Bertz CT molecular complexity index is 1170. The molecule has 30 heavy (non-hydrogen) atoms. The van der Waals surface area contributed by atoms with Crippen molar-refractivity contribution in [3.05, 3.63) is 80.3 Å². The number of rotatable bonds is 4. The predicted octanol–water partition coefficient (Wildman–Crippen LogP) is 4.80. The van der Waals surface area contributed by atoms with Crippen molar-refractivity contribution in [2.24, 2.45) is 0 Å². The molecule has 2 heterocycles. The van der Waals surface area contributed by atoms with Gasteiger partial charge < -0.3 is 5.11 Å². The maximum Gasteiger partial charge on any atom is 0.301 e. The molecule has 1 atom stereocenters. The van der Waals surface area contributed by atoms with Crippen LogP contribution in [0.2, 0.25) is 0 Å². The summed E-state index contributed by atoms with van der Waals surface area (Å²) in [6, 6.07) is 13.7. The zero-order valence-corrected chi connectivity index (χ0v) is 18.7. The lowest BCUT2D eigenvalue weighted by molar-refractivity contribution is -0.132. The van der Waals surface area contributed by atoms with E-state index in [0.29, 0.717) is 22.7 Å². The van der Waals surface area contributed by atoms with E-state index in [1.165, 1.54) is 16.2 Å². The Labute approximate surface area is 186 Å². The van der Waals surface area contributed by atoms with Gasteiger partial charge in [-0.2, -0.15) is 0 Å². The number of carbonyl (C=O) groups is 2. The molecule has 6 nitrogen and oxygen atoms in total. The molecule has 0 radical (unpaired) electrons. The van der Waals surface area contributed by atoms with E-state index in [1.54, 1.807) is 12.1 Å². The second-order valence-corrected chi connectivity index (χ2v) is 8.88. The number of aliphatic hydroxyl groups excluding tert-OH is 1. The molecule has 0 saturated carbocycles. The fourth-order valence-corrected chi connectivity index (χ4v) is 4.60. The summed E-state index contributed by atoms with van der Waals surface area (Å²) in [6.07, 6.45) is 0.673. The van der Waals surface area contributed by atoms with E-state index in [9.17, 15) is 14.7 Å². The predicted molar refractivity (Wildman–Crippen MR) is 119 cm³/mol. The number of nitrogens with zero attached hydrogens (tertiary/aromatic N) is 3. The average Bonchev–Trinajstić information content (AvgIpc) is 3.31. The minimum atomic E-state index is -0.804. The number of ketones is 1. The smallest absolute Gasteiger partial charge is 0.301 e. The van der Waals surface area contributed by atoms with E-state index in [4.69, 9.17) is 0 Å². The summed E-state index contributed by atoms with van der Waals surface area (Å²) < 4.78 is 0.799. The van der Waals surface area contributed by atoms with Gasteiger partial charge in [-0.25, -0.2) is 0 Å². The Morgan fingerprint density at radius 1 is 1.17 bits per heavy atom. The standard InChI is InChI=1S/C22H18BrN3O3S/c1-3-16-24-25-22(30-16)26-18(14-5-4-6-15(23)11-14)17(20(28)21(26)29)19(27)13-9-7-12(2)8-10-13/h4-11,18,27H,3H2,1-2H3/b19-17+. The van der Waals surface area contributed by atoms with Crippen molar-refractivity contribution in [2.75, 3.05) is 4.90 Å². The number of carbonyl (C=O) groups excluding carboxylic acids is 2. The number of Topliss-reactive ketones (excluding diaryl/α,β-unsaturated/α-hetero) is 1. The molecule has 0 spiro atoms. The van der Waals surface area contributed by atoms with Crippen LogP contribution >= 0.6 is 27.3 Å². The summed E-state index contributed by atoms with van der Waals surface area (Å²) in [7, 11) is 0. The molecule has 1 N–H and O–H groups in total. The number of benzene rings is 2. The van der Waals surface area contributed by atoms with Crippen molar-refractivity contribution < 1.29 is 14.7 Å². The van der Waals surface area contributed by atoms with Gasteiger partial charge in [-0.1, -0.05) is 76.2 Å². The van der Waals surface area contributed by atoms with Gasteiger partial charge in [-0.15, -0.1) is 10.2 Å². The van der Waals surface area contributed by atoms with E-state index in [-0.39, 0.29) is 11.3 Å². The summed E-state index contributed by atoms with van der Waals surface area (Å²) >= 11 is 4.71. The van der Waals surface area contributed by atoms with E-state index in [0.717, 1.165) is 15.0 Å². The van der Waals surface area contributed by atoms with Gasteiger partial charge in [-0.05, 0) is 31.0 Å². The van der Waals surface area contributed by atoms with Crippen LogP contribution in [-0.4, -0.2) is 27.0 Å². The first kappa shape index (κ1) is 20.4. The SMILES string of the molecule is CCc1nnc(N2C(=O)C(=O)/C(=C(/O)c3ccc(C)cc3)C2c2cccc(Br)c2)s1. The number of aryl methyl sites for hydroxylation is 2. The van der Waals surface area contributed by atoms with Crippen LogP contribution in [0.4, 0.5) is 5.13 Å². The monoisotopic (exact) mass is 483 g/mol. The van der Waals surface area contributed by atoms with Gasteiger partial charge in [-0.3, -0.25) is 14.5 Å². The maximum absolute atomic E-state index is 13.1. The fraction of sp³-hybridized carbons (Fsp3) is 0.182. The molecule has 1 aromatic heterocycles. The molecular formula is C22H18BrN3O3S. The highest BCUT2D eigenvalue weighted by Gasteiger charge is 2.48. The molecule has 0 bridgehead atoms. The van der Waals surface area contributed by atoms with Crippen LogP contribution in [0.1, 0.15) is 34.7 Å². The van der Waals surface area contributed by atoms with Gasteiger partial charge >= 0.3 is 5.91 Å². The summed E-state index contributed by atoms with van der Waals surface area (Å²) in [5.41, 5.74) is 2.22. The van der Waals surface area contributed by atoms with Crippen molar-refractivity contribution >= 4 is 49.8 Å². The molecule has 1 unspecified atom stereocenters. The van der Waals surface area contributed by atoms with Crippen LogP contribution in [0.3, 0.4) is 0 Å². The first-order chi connectivity index (χ1) is 14.4. The van der Waals surface area contributed by atoms with Crippen molar-refractivity contribution in [1.82, 2.24) is 10.2 Å². The Kier molecular flexibility index (Phi) is 5.53. The van der Waals surface area contributed by atoms with E-state index < -0.39 is 17.7 Å². The van der Waals surface area contributed by atoms with Crippen LogP contribution in [0, 0.1) is 6.92 Å². The first-order valence-electron chi connectivity index (χ1n) is 9.36. The summed E-state index contributed by atoms with van der Waals surface area (Å²) in [6.45, 7) is 3.88. The zero-order chi connectivity index (χ0) is 21.4. The van der Waals surface area contributed by atoms with Gasteiger partial charge in [0.15, 0.2) is 0 Å². The van der Waals surface area contributed by atoms with Crippen LogP contribution in [-0.2, 0) is 16.0 Å². The third-order valence-electron chi connectivity index (χ3n) is 4.90. The molecule has 1 saturated heterocycles. The number of aromatic nitrogens is 2. The molecule has 0 aliphatic carbocycles. The zero-order valence-electron chi connectivity index (χ0n) is 16.3. The van der Waals surface area contributed by atoms with Crippen molar-refractivity contribution in [3.8, 4) is 0 Å². The second-order valence-electron chi connectivity index (χ2n) is 6.92. The van der Waals surface area contributed by atoms with Crippen LogP contribution in [0.5, 0.6) is 0 Å². The second kappa shape index (κ2) is 8.12. The van der Waals surface area contributed by atoms with E-state index in [1.807, 2.05) is 50.2 Å². The summed E-state index contributed by atoms with van der Waals surface area (Å²) in [5, 5.41) is 20.4. The number of amides is 1. The Morgan fingerprint density at radius 3 is 2.53 bits per heavy atom. The van der Waals surface area contributed by atoms with Crippen molar-refractivity contribution in [2.45, 2.75) is 26.3 Å². The molecule has 1 amide bonds. The Balaban J connectivity index is 1.93. The lowest BCUT2D eigenvalue weighted by Gasteiger charge is -2.22. The molecule has 8 heteroatoms. The molecule has 1 fully saturated rings. The molecule has 2 aromatic carbocycles. The normalized spacial score (nSPS) is 18.2. The number of hydrogen-bond donors (Lipinski definition) is 1. The number of aliphatic hydroxyl groups is 1. The summed E-state index contributed by atoms with van der Waals surface area (Å²) in [4.78, 5) is 27.4. The average molecular weight is 484 g/mol. The Hall–Kier alpha value is -2.84. The number of hydrogen-bond acceptors (Lipinski definition) is 6. The molecule has 1 aliphatic rings. The number of halogens is 1. The Morgan fingerprint density at radius 2 is 1.90 bits per heavy atom. The quantitative estimate of drug-likeness (QED) is 0.327.